The number of benzene rings is 3. The topological polar surface area (TPSA) is 43.9 Å². The molecule has 2 amide bonds. The molecular weight excluding hydrogens is 429 g/mol. The van der Waals surface area contributed by atoms with Crippen LogP contribution in [0, 0.1) is 19.7 Å². The molecule has 0 unspecified atom stereocenters. The zero-order valence-electron chi connectivity index (χ0n) is 19.3. The summed E-state index contributed by atoms with van der Waals surface area (Å²) in [5, 5.41) is 0. The number of hydrogen-bond acceptors (Lipinski definition) is 4. The van der Waals surface area contributed by atoms with Crippen LogP contribution in [0.2, 0.25) is 0 Å². The van der Waals surface area contributed by atoms with Crippen LogP contribution in [0.25, 0.3) is 5.57 Å². The van der Waals surface area contributed by atoms with Crippen LogP contribution < -0.4 is 9.80 Å². The van der Waals surface area contributed by atoms with Crippen molar-refractivity contribution in [3.8, 4) is 0 Å². The molecule has 0 aliphatic carbocycles. The van der Waals surface area contributed by atoms with Crippen molar-refractivity contribution >= 4 is 28.8 Å². The van der Waals surface area contributed by atoms with Crippen LogP contribution in [-0.2, 0) is 9.59 Å². The first-order valence-corrected chi connectivity index (χ1v) is 11.4. The van der Waals surface area contributed by atoms with Gasteiger partial charge in [0.15, 0.2) is 0 Å². The van der Waals surface area contributed by atoms with E-state index in [1.165, 1.54) is 17.0 Å². The molecule has 0 radical (unpaired) electrons. The van der Waals surface area contributed by atoms with E-state index in [2.05, 4.69) is 17.0 Å². The summed E-state index contributed by atoms with van der Waals surface area (Å²) in [7, 11) is 0. The van der Waals surface area contributed by atoms with Gasteiger partial charge in [0.25, 0.3) is 11.8 Å². The van der Waals surface area contributed by atoms with Gasteiger partial charge in [-0.1, -0.05) is 36.4 Å². The maximum atomic E-state index is 13.8. The molecule has 0 aromatic heterocycles. The zero-order valence-corrected chi connectivity index (χ0v) is 19.3. The van der Waals surface area contributed by atoms with Crippen molar-refractivity contribution in [1.29, 1.82) is 0 Å². The van der Waals surface area contributed by atoms with Crippen molar-refractivity contribution in [2.75, 3.05) is 36.0 Å². The van der Waals surface area contributed by atoms with E-state index in [0.717, 1.165) is 29.9 Å². The number of amides is 2. The molecule has 1 saturated heterocycles. The maximum Gasteiger partial charge on any atom is 0.282 e. The normalized spacial score (nSPS) is 16.6. The second-order valence-corrected chi connectivity index (χ2v) is 8.83. The molecule has 0 spiro atoms. The number of piperazine rings is 1. The largest absolute Gasteiger partial charge is 0.368 e. The molecule has 2 heterocycles. The molecule has 1 fully saturated rings. The number of aryl methyl sites for hydroxylation is 2. The van der Waals surface area contributed by atoms with Crippen LogP contribution in [0.5, 0.6) is 0 Å². The number of rotatable bonds is 4. The van der Waals surface area contributed by atoms with E-state index in [4.69, 9.17) is 0 Å². The molecule has 2 aliphatic heterocycles. The highest BCUT2D eigenvalue weighted by Crippen LogP contribution is 2.36. The standard InChI is InChI=1S/C28H26FN3O2/c1-19-16-20(2)18-24(17-19)32-27(33)25(21-8-10-22(29)11-9-21)26(28(32)34)31-14-12-30(13-15-31)23-6-4-3-5-7-23/h3-11,16-18H,12-15H2,1-2H3. The van der Waals surface area contributed by atoms with Crippen molar-refractivity contribution < 1.29 is 14.0 Å². The number of carbonyl (C=O) groups excluding carboxylic acids is 2. The van der Waals surface area contributed by atoms with E-state index in [1.807, 2.05) is 55.1 Å². The minimum atomic E-state index is -0.384. The molecule has 172 valence electrons. The minimum absolute atomic E-state index is 0.331. The average Bonchev–Trinajstić information content (AvgIpc) is 3.09. The summed E-state index contributed by atoms with van der Waals surface area (Å²) in [6.45, 7) is 6.56. The Balaban J connectivity index is 1.52. The summed E-state index contributed by atoms with van der Waals surface area (Å²) < 4.78 is 13.6. The van der Waals surface area contributed by atoms with Gasteiger partial charge in [-0.2, -0.15) is 0 Å². The van der Waals surface area contributed by atoms with Gasteiger partial charge in [0.1, 0.15) is 11.5 Å². The van der Waals surface area contributed by atoms with E-state index >= 15 is 0 Å². The molecule has 5 nitrogen and oxygen atoms in total. The van der Waals surface area contributed by atoms with Crippen LogP contribution in [0.3, 0.4) is 0 Å². The van der Waals surface area contributed by atoms with E-state index < -0.39 is 0 Å². The summed E-state index contributed by atoms with van der Waals surface area (Å²) in [6, 6.07) is 21.7. The van der Waals surface area contributed by atoms with Gasteiger partial charge in [-0.25, -0.2) is 9.29 Å². The lowest BCUT2D eigenvalue weighted by atomic mass is 10.0. The van der Waals surface area contributed by atoms with Gasteiger partial charge < -0.3 is 9.80 Å². The number of carbonyl (C=O) groups is 2. The van der Waals surface area contributed by atoms with Gasteiger partial charge in [0.05, 0.1) is 11.3 Å². The van der Waals surface area contributed by atoms with Crippen LogP contribution in [-0.4, -0.2) is 42.9 Å². The van der Waals surface area contributed by atoms with Crippen molar-refractivity contribution in [2.24, 2.45) is 0 Å². The van der Waals surface area contributed by atoms with E-state index in [-0.39, 0.29) is 17.6 Å². The summed E-state index contributed by atoms with van der Waals surface area (Å²) >= 11 is 0. The number of hydrogen-bond donors (Lipinski definition) is 0. The monoisotopic (exact) mass is 455 g/mol. The Hall–Kier alpha value is -3.93. The number of halogens is 1. The smallest absolute Gasteiger partial charge is 0.282 e. The molecule has 3 aromatic rings. The van der Waals surface area contributed by atoms with E-state index in [9.17, 15) is 14.0 Å². The predicted molar refractivity (Wildman–Crippen MR) is 132 cm³/mol. The second-order valence-electron chi connectivity index (χ2n) is 8.83. The Morgan fingerprint density at radius 3 is 1.88 bits per heavy atom. The lowest BCUT2D eigenvalue weighted by molar-refractivity contribution is -0.120. The SMILES string of the molecule is Cc1cc(C)cc(N2C(=O)C(c3ccc(F)cc3)=C(N3CCN(c4ccccc4)CC3)C2=O)c1. The fraction of sp³-hybridized carbons (Fsp3) is 0.214. The molecule has 0 atom stereocenters. The number of nitrogens with zero attached hydrogens (tertiary/aromatic N) is 3. The van der Waals surface area contributed by atoms with Gasteiger partial charge >= 0.3 is 0 Å². The first-order valence-electron chi connectivity index (χ1n) is 11.4. The summed E-state index contributed by atoms with van der Waals surface area (Å²) in [4.78, 5) is 33.0. The summed E-state index contributed by atoms with van der Waals surface area (Å²) in [5.41, 5.74) is 4.92. The first kappa shape index (κ1) is 21.9. The Kier molecular flexibility index (Phi) is 5.65. The lowest BCUT2D eigenvalue weighted by Gasteiger charge is -2.37. The Morgan fingerprint density at radius 2 is 1.26 bits per heavy atom. The molecule has 0 N–H and O–H groups in total. The van der Waals surface area contributed by atoms with Gasteiger partial charge in [0.2, 0.25) is 0 Å². The van der Waals surface area contributed by atoms with Crippen LogP contribution in [0.15, 0.2) is 78.5 Å². The van der Waals surface area contributed by atoms with Gasteiger partial charge in [0, 0.05) is 31.9 Å². The first-order chi connectivity index (χ1) is 16.4. The molecule has 34 heavy (non-hydrogen) atoms. The van der Waals surface area contributed by atoms with Gasteiger partial charge in [-0.05, 0) is 66.9 Å². The fourth-order valence-electron chi connectivity index (χ4n) is 4.83. The van der Waals surface area contributed by atoms with Crippen LogP contribution >= 0.6 is 0 Å². The average molecular weight is 456 g/mol. The van der Waals surface area contributed by atoms with Gasteiger partial charge in [-0.3, -0.25) is 9.59 Å². The fourth-order valence-corrected chi connectivity index (χ4v) is 4.83. The van der Waals surface area contributed by atoms with Gasteiger partial charge in [-0.15, -0.1) is 0 Å². The molecule has 6 heteroatoms. The summed E-state index contributed by atoms with van der Waals surface area (Å²) in [6.07, 6.45) is 0. The van der Waals surface area contributed by atoms with Crippen LogP contribution in [0.1, 0.15) is 16.7 Å². The Labute approximate surface area is 198 Å². The molecule has 0 saturated carbocycles. The van der Waals surface area contributed by atoms with E-state index in [1.54, 1.807) is 12.1 Å². The third kappa shape index (κ3) is 3.96. The van der Waals surface area contributed by atoms with Crippen molar-refractivity contribution in [3.05, 3.63) is 101 Å². The second kappa shape index (κ2) is 8.78. The Morgan fingerprint density at radius 1 is 0.676 bits per heavy atom. The molecular formula is C28H26FN3O2. The number of anilines is 2. The predicted octanol–water partition coefficient (Wildman–Crippen LogP) is 4.55. The Bertz CT molecular complexity index is 1260. The van der Waals surface area contributed by atoms with Crippen molar-refractivity contribution in [2.45, 2.75) is 13.8 Å². The third-order valence-corrected chi connectivity index (χ3v) is 6.37. The van der Waals surface area contributed by atoms with Crippen molar-refractivity contribution in [3.63, 3.8) is 0 Å². The number of imide groups is 1. The van der Waals surface area contributed by atoms with E-state index in [0.29, 0.717) is 35.6 Å². The van der Waals surface area contributed by atoms with Crippen molar-refractivity contribution in [1.82, 2.24) is 4.90 Å². The molecule has 2 aliphatic rings. The molecule has 0 bridgehead atoms. The minimum Gasteiger partial charge on any atom is -0.368 e. The highest BCUT2D eigenvalue weighted by molar-refractivity contribution is 6.45. The van der Waals surface area contributed by atoms with Crippen LogP contribution in [0.4, 0.5) is 15.8 Å². The maximum absolute atomic E-state index is 13.8. The summed E-state index contributed by atoms with van der Waals surface area (Å²) in [5.74, 6) is -1.09. The molecule has 3 aromatic carbocycles. The zero-order chi connectivity index (χ0) is 23.8. The molecule has 5 rings (SSSR count). The third-order valence-electron chi connectivity index (χ3n) is 6.37. The number of para-hydroxylation sites is 1. The highest BCUT2D eigenvalue weighted by atomic mass is 19.1. The quantitative estimate of drug-likeness (QED) is 0.542. The highest BCUT2D eigenvalue weighted by Gasteiger charge is 2.43. The lowest BCUT2D eigenvalue weighted by Crippen LogP contribution is -2.47.